The van der Waals surface area contributed by atoms with Gasteiger partial charge in [-0.1, -0.05) is 18.2 Å². The van der Waals surface area contributed by atoms with E-state index in [9.17, 15) is 9.59 Å². The number of nitrogens with two attached hydrogens (primary N) is 1. The third-order valence-corrected chi connectivity index (χ3v) is 3.69. The van der Waals surface area contributed by atoms with Gasteiger partial charge in [0.15, 0.2) is 0 Å². The molecule has 1 aromatic carbocycles. The van der Waals surface area contributed by atoms with Crippen molar-refractivity contribution >= 4 is 17.5 Å². The van der Waals surface area contributed by atoms with Crippen LogP contribution in [-0.2, 0) is 16.0 Å². The molecule has 20 heavy (non-hydrogen) atoms. The van der Waals surface area contributed by atoms with Gasteiger partial charge in [-0.2, -0.15) is 0 Å². The Balaban J connectivity index is 1.91. The molecule has 0 atom stereocenters. The normalized spacial score (nSPS) is 16.1. The molecule has 1 heterocycles. The van der Waals surface area contributed by atoms with Gasteiger partial charge in [0.05, 0.1) is 6.54 Å². The lowest BCUT2D eigenvalue weighted by Gasteiger charge is -2.20. The lowest BCUT2D eigenvalue weighted by molar-refractivity contribution is -0.138. The number of carbonyl (C=O) groups is 2. The van der Waals surface area contributed by atoms with Crippen LogP contribution in [0.5, 0.6) is 0 Å². The highest BCUT2D eigenvalue weighted by Crippen LogP contribution is 2.14. The van der Waals surface area contributed by atoms with Crippen molar-refractivity contribution in [3.8, 4) is 0 Å². The van der Waals surface area contributed by atoms with Gasteiger partial charge in [0.1, 0.15) is 0 Å². The van der Waals surface area contributed by atoms with Crippen LogP contribution in [0.3, 0.4) is 0 Å². The summed E-state index contributed by atoms with van der Waals surface area (Å²) in [6, 6.07) is 7.57. The number of likely N-dealkylation sites (N-methyl/N-ethyl adjacent to an activating group) is 1. The Morgan fingerprint density at radius 1 is 1.30 bits per heavy atom. The summed E-state index contributed by atoms with van der Waals surface area (Å²) in [7, 11) is 1.78. The number of nitrogen functional groups attached to an aromatic ring is 1. The van der Waals surface area contributed by atoms with Crippen molar-refractivity contribution in [3.63, 3.8) is 0 Å². The van der Waals surface area contributed by atoms with Crippen LogP contribution in [0.2, 0.25) is 0 Å². The van der Waals surface area contributed by atoms with E-state index in [2.05, 4.69) is 0 Å². The molecule has 2 rings (SSSR count). The number of hydrogen-bond acceptors (Lipinski definition) is 3. The van der Waals surface area contributed by atoms with Crippen molar-refractivity contribution < 1.29 is 9.59 Å². The summed E-state index contributed by atoms with van der Waals surface area (Å²) in [5.74, 6) is 0.0342. The molecule has 1 aliphatic rings. The Bertz CT molecular complexity index is 502. The van der Waals surface area contributed by atoms with Crippen LogP contribution in [0.4, 0.5) is 5.69 Å². The Hall–Kier alpha value is -2.04. The van der Waals surface area contributed by atoms with Crippen LogP contribution < -0.4 is 5.73 Å². The van der Waals surface area contributed by atoms with E-state index in [1.807, 2.05) is 24.3 Å². The number of anilines is 1. The highest BCUT2D eigenvalue weighted by molar-refractivity contribution is 5.85. The van der Waals surface area contributed by atoms with Crippen LogP contribution in [0.1, 0.15) is 18.4 Å². The maximum Gasteiger partial charge on any atom is 0.241 e. The van der Waals surface area contributed by atoms with E-state index in [4.69, 9.17) is 5.73 Å². The zero-order valence-corrected chi connectivity index (χ0v) is 11.8. The van der Waals surface area contributed by atoms with Gasteiger partial charge in [0.25, 0.3) is 0 Å². The van der Waals surface area contributed by atoms with Gasteiger partial charge in [-0.25, -0.2) is 0 Å². The summed E-state index contributed by atoms with van der Waals surface area (Å²) in [5.41, 5.74) is 7.56. The highest BCUT2D eigenvalue weighted by Gasteiger charge is 2.22. The van der Waals surface area contributed by atoms with Crippen LogP contribution in [0.25, 0.3) is 0 Å². The fourth-order valence-corrected chi connectivity index (χ4v) is 2.36. The number of amides is 2. The molecule has 0 spiro atoms. The number of rotatable bonds is 3. The number of para-hydroxylation sites is 1. The largest absolute Gasteiger partial charge is 0.399 e. The first-order valence-corrected chi connectivity index (χ1v) is 6.93. The van der Waals surface area contributed by atoms with Crippen LogP contribution in [-0.4, -0.2) is 48.3 Å². The first-order valence-electron chi connectivity index (χ1n) is 6.93. The fraction of sp³-hybridized carbons (Fsp3) is 0.467. The van der Waals surface area contributed by atoms with Crippen molar-refractivity contribution in [2.45, 2.75) is 19.3 Å². The number of aryl methyl sites for hydroxylation is 1. The molecule has 2 N–H and O–H groups in total. The van der Waals surface area contributed by atoms with Crippen LogP contribution in [0, 0.1) is 0 Å². The van der Waals surface area contributed by atoms with Crippen molar-refractivity contribution in [3.05, 3.63) is 29.8 Å². The second-order valence-corrected chi connectivity index (χ2v) is 5.18. The molecule has 5 heteroatoms. The van der Waals surface area contributed by atoms with E-state index in [0.717, 1.165) is 12.0 Å². The zero-order chi connectivity index (χ0) is 14.5. The first-order chi connectivity index (χ1) is 9.58. The molecule has 2 amide bonds. The Morgan fingerprint density at radius 2 is 2.05 bits per heavy atom. The average Bonchev–Trinajstić information content (AvgIpc) is 2.60. The third-order valence-electron chi connectivity index (χ3n) is 3.69. The molecule has 0 aromatic heterocycles. The number of hydrogen-bond donors (Lipinski definition) is 1. The van der Waals surface area contributed by atoms with Crippen molar-refractivity contribution in [2.24, 2.45) is 0 Å². The lowest BCUT2D eigenvalue weighted by Crippen LogP contribution is -2.38. The smallest absolute Gasteiger partial charge is 0.241 e. The summed E-state index contributed by atoms with van der Waals surface area (Å²) in [5, 5.41) is 0. The molecule has 0 unspecified atom stereocenters. The Morgan fingerprint density at radius 3 is 2.80 bits per heavy atom. The molecule has 1 fully saturated rings. The Kier molecular flexibility index (Phi) is 4.61. The van der Waals surface area contributed by atoms with Crippen molar-refractivity contribution in [2.75, 3.05) is 32.4 Å². The van der Waals surface area contributed by atoms with E-state index in [1.54, 1.807) is 16.8 Å². The number of carbonyl (C=O) groups excluding carboxylic acids is 2. The molecule has 0 radical (unpaired) electrons. The molecule has 5 nitrogen and oxygen atoms in total. The third kappa shape index (κ3) is 3.50. The maximum absolute atomic E-state index is 12.2. The second kappa shape index (κ2) is 6.41. The van der Waals surface area contributed by atoms with E-state index in [1.165, 1.54) is 0 Å². The van der Waals surface area contributed by atoms with Gasteiger partial charge in [0.2, 0.25) is 11.8 Å². The molecule has 0 bridgehead atoms. The summed E-state index contributed by atoms with van der Waals surface area (Å²) >= 11 is 0. The number of nitrogens with zero attached hydrogens (tertiary/aromatic N) is 2. The molecular formula is C15H21N3O2. The Labute approximate surface area is 119 Å². The van der Waals surface area contributed by atoms with Crippen molar-refractivity contribution in [1.82, 2.24) is 9.80 Å². The topological polar surface area (TPSA) is 66.6 Å². The van der Waals surface area contributed by atoms with E-state index >= 15 is 0 Å². The van der Waals surface area contributed by atoms with E-state index < -0.39 is 0 Å². The van der Waals surface area contributed by atoms with Crippen LogP contribution >= 0.6 is 0 Å². The molecule has 108 valence electrons. The minimum atomic E-state index is 0.00933. The van der Waals surface area contributed by atoms with Gasteiger partial charge in [-0.05, 0) is 24.5 Å². The minimum absolute atomic E-state index is 0.00933. The number of benzene rings is 1. The summed E-state index contributed by atoms with van der Waals surface area (Å²) < 4.78 is 0. The first kappa shape index (κ1) is 14.4. The summed E-state index contributed by atoms with van der Waals surface area (Å²) in [4.78, 5) is 27.3. The molecule has 0 aliphatic carbocycles. The molecule has 1 saturated heterocycles. The standard InChI is InChI=1S/C15H21N3O2/c1-17-9-4-10-18(11-15(17)20)14(19)8-7-12-5-2-3-6-13(12)16/h2-3,5-6H,4,7-11,16H2,1H3. The van der Waals surface area contributed by atoms with Gasteiger partial charge in [-0.3, -0.25) is 9.59 Å². The maximum atomic E-state index is 12.2. The van der Waals surface area contributed by atoms with Crippen molar-refractivity contribution in [1.29, 1.82) is 0 Å². The summed E-state index contributed by atoms with van der Waals surface area (Å²) in [6.07, 6.45) is 1.85. The second-order valence-electron chi connectivity index (χ2n) is 5.18. The van der Waals surface area contributed by atoms with Gasteiger partial charge >= 0.3 is 0 Å². The predicted molar refractivity (Wildman–Crippen MR) is 78.0 cm³/mol. The molecule has 1 aliphatic heterocycles. The van der Waals surface area contributed by atoms with Gasteiger partial charge in [-0.15, -0.1) is 0 Å². The average molecular weight is 275 g/mol. The van der Waals surface area contributed by atoms with Gasteiger partial charge in [0, 0.05) is 32.2 Å². The fourth-order valence-electron chi connectivity index (χ4n) is 2.36. The summed E-state index contributed by atoms with van der Waals surface area (Å²) in [6.45, 7) is 1.56. The lowest BCUT2D eigenvalue weighted by atomic mass is 10.1. The highest BCUT2D eigenvalue weighted by atomic mass is 16.2. The van der Waals surface area contributed by atoms with E-state index in [-0.39, 0.29) is 18.4 Å². The SMILES string of the molecule is CN1CCCN(C(=O)CCc2ccccc2N)CC1=O. The van der Waals surface area contributed by atoms with Crippen LogP contribution in [0.15, 0.2) is 24.3 Å². The molecule has 0 saturated carbocycles. The molecular weight excluding hydrogens is 254 g/mol. The minimum Gasteiger partial charge on any atom is -0.399 e. The van der Waals surface area contributed by atoms with E-state index in [0.29, 0.717) is 31.6 Å². The molecule has 1 aromatic rings. The zero-order valence-electron chi connectivity index (χ0n) is 11.8. The monoisotopic (exact) mass is 275 g/mol. The predicted octanol–water partition coefficient (Wildman–Crippen LogP) is 0.892. The van der Waals surface area contributed by atoms with Gasteiger partial charge < -0.3 is 15.5 Å². The quantitative estimate of drug-likeness (QED) is 0.833.